The minimum atomic E-state index is -0.615. The molecule has 40 heavy (non-hydrogen) atoms. The van der Waals surface area contributed by atoms with Crippen LogP contribution in [0.4, 0.5) is 8.78 Å². The van der Waals surface area contributed by atoms with Gasteiger partial charge in [-0.25, -0.2) is 8.78 Å². The van der Waals surface area contributed by atoms with E-state index in [2.05, 4.69) is 44.0 Å². The van der Waals surface area contributed by atoms with Gasteiger partial charge >= 0.3 is 0 Å². The average molecular weight is 574 g/mol. The Labute approximate surface area is 242 Å². The van der Waals surface area contributed by atoms with Crippen LogP contribution in [0.25, 0.3) is 0 Å². The van der Waals surface area contributed by atoms with Gasteiger partial charge in [-0.15, -0.1) is 0 Å². The first kappa shape index (κ1) is 30.4. The molecule has 3 atom stereocenters. The van der Waals surface area contributed by atoms with Crippen LogP contribution in [0.15, 0.2) is 30.3 Å². The van der Waals surface area contributed by atoms with Crippen LogP contribution in [0.2, 0.25) is 5.02 Å². The van der Waals surface area contributed by atoms with E-state index in [1.54, 1.807) is 0 Å². The maximum Gasteiger partial charge on any atom is 0.227 e. The van der Waals surface area contributed by atoms with Crippen LogP contribution in [0.1, 0.15) is 94.0 Å². The van der Waals surface area contributed by atoms with Crippen molar-refractivity contribution in [2.24, 2.45) is 5.92 Å². The zero-order valence-electron chi connectivity index (χ0n) is 24.5. The van der Waals surface area contributed by atoms with Crippen molar-refractivity contribution in [3.63, 3.8) is 0 Å². The second-order valence-electron chi connectivity index (χ2n) is 12.4. The van der Waals surface area contributed by atoms with Gasteiger partial charge in [-0.3, -0.25) is 14.5 Å². The van der Waals surface area contributed by atoms with Gasteiger partial charge in [0.15, 0.2) is 0 Å². The molecule has 2 aromatic rings. The smallest absolute Gasteiger partial charge is 0.227 e. The Morgan fingerprint density at radius 3 is 2.33 bits per heavy atom. The first-order chi connectivity index (χ1) is 18.8. The van der Waals surface area contributed by atoms with E-state index in [-0.39, 0.29) is 35.2 Å². The van der Waals surface area contributed by atoms with Crippen molar-refractivity contribution in [3.8, 4) is 0 Å². The van der Waals surface area contributed by atoms with E-state index < -0.39 is 17.6 Å². The summed E-state index contributed by atoms with van der Waals surface area (Å²) in [6.07, 6.45) is 2.32. The molecule has 2 saturated heterocycles. The number of nitrogens with zero attached hydrogens (tertiary/aromatic N) is 2. The molecule has 2 heterocycles. The molecule has 0 aromatic heterocycles. The third-order valence-electron chi connectivity index (χ3n) is 8.72. The number of carbonyl (C=O) groups excluding carboxylic acids is 2. The van der Waals surface area contributed by atoms with Crippen LogP contribution in [-0.2, 0) is 9.59 Å². The summed E-state index contributed by atoms with van der Waals surface area (Å²) < 4.78 is 28.6. The average Bonchev–Trinajstić information content (AvgIpc) is 3.34. The molecule has 0 radical (unpaired) electrons. The molecule has 2 aromatic carbocycles. The summed E-state index contributed by atoms with van der Waals surface area (Å²) in [5.74, 6) is -1.77. The van der Waals surface area contributed by atoms with Gasteiger partial charge in [0.25, 0.3) is 0 Å². The normalized spacial score (nSPS) is 21.5. The molecule has 0 aliphatic carbocycles. The number of amides is 2. The van der Waals surface area contributed by atoms with E-state index >= 15 is 0 Å². The number of likely N-dealkylation sites (tertiary alicyclic amines) is 2. The summed E-state index contributed by atoms with van der Waals surface area (Å²) >= 11 is 6.56. The van der Waals surface area contributed by atoms with Crippen molar-refractivity contribution < 1.29 is 18.4 Å². The molecular formula is C32H42ClF2N3O2. The quantitative estimate of drug-likeness (QED) is 0.417. The van der Waals surface area contributed by atoms with Crippen molar-refractivity contribution in [1.82, 2.24) is 15.1 Å². The number of carbonyl (C=O) groups is 2. The largest absolute Gasteiger partial charge is 0.350 e. The van der Waals surface area contributed by atoms with Gasteiger partial charge in [-0.2, -0.15) is 0 Å². The fraction of sp³-hybridized carbons (Fsp3) is 0.562. The molecule has 0 saturated carbocycles. The van der Waals surface area contributed by atoms with Crippen molar-refractivity contribution in [2.45, 2.75) is 84.2 Å². The lowest BCUT2D eigenvalue weighted by Crippen LogP contribution is -2.44. The Balaban J connectivity index is 1.55. The summed E-state index contributed by atoms with van der Waals surface area (Å²) in [6, 6.07) is 7.70. The van der Waals surface area contributed by atoms with Crippen LogP contribution in [0.5, 0.6) is 0 Å². The molecule has 2 unspecified atom stereocenters. The molecule has 2 aliphatic rings. The van der Waals surface area contributed by atoms with Gasteiger partial charge in [-0.1, -0.05) is 30.7 Å². The van der Waals surface area contributed by atoms with Crippen LogP contribution >= 0.6 is 11.6 Å². The van der Waals surface area contributed by atoms with E-state index in [1.165, 1.54) is 19.1 Å². The number of halogens is 3. The predicted octanol–water partition coefficient (Wildman–Crippen LogP) is 6.73. The van der Waals surface area contributed by atoms with Crippen molar-refractivity contribution in [1.29, 1.82) is 0 Å². The molecule has 4 rings (SSSR count). The minimum Gasteiger partial charge on any atom is -0.350 e. The molecule has 2 aliphatic heterocycles. The van der Waals surface area contributed by atoms with Crippen LogP contribution < -0.4 is 5.32 Å². The number of nitrogens with one attached hydrogen (secondary N) is 1. The first-order valence-electron chi connectivity index (χ1n) is 14.4. The lowest BCUT2D eigenvalue weighted by molar-refractivity contribution is -0.136. The highest BCUT2D eigenvalue weighted by molar-refractivity contribution is 6.31. The summed E-state index contributed by atoms with van der Waals surface area (Å²) in [4.78, 5) is 30.0. The number of hydrogen-bond donors (Lipinski definition) is 1. The van der Waals surface area contributed by atoms with Gasteiger partial charge in [0, 0.05) is 55.6 Å². The molecule has 1 N–H and O–H groups in total. The van der Waals surface area contributed by atoms with Crippen LogP contribution in [0, 0.1) is 24.5 Å². The second-order valence-corrected chi connectivity index (χ2v) is 12.9. The van der Waals surface area contributed by atoms with Gasteiger partial charge in [-0.05, 0) is 87.3 Å². The van der Waals surface area contributed by atoms with Gasteiger partial charge in [0.2, 0.25) is 11.8 Å². The Hall–Kier alpha value is -2.51. The molecule has 5 nitrogen and oxygen atoms in total. The van der Waals surface area contributed by atoms with Gasteiger partial charge < -0.3 is 10.2 Å². The van der Waals surface area contributed by atoms with E-state index in [1.807, 2.05) is 17.9 Å². The van der Waals surface area contributed by atoms with E-state index in [0.717, 1.165) is 42.0 Å². The summed E-state index contributed by atoms with van der Waals surface area (Å²) in [5.41, 5.74) is 3.42. The molecule has 2 amide bonds. The Morgan fingerprint density at radius 1 is 1.07 bits per heavy atom. The third kappa shape index (κ3) is 6.52. The van der Waals surface area contributed by atoms with Crippen molar-refractivity contribution in [2.75, 3.05) is 26.2 Å². The highest BCUT2D eigenvalue weighted by atomic mass is 35.5. The Kier molecular flexibility index (Phi) is 9.25. The lowest BCUT2D eigenvalue weighted by atomic mass is 9.82. The van der Waals surface area contributed by atoms with Crippen LogP contribution in [-0.4, -0.2) is 53.3 Å². The maximum absolute atomic E-state index is 14.9. The zero-order valence-corrected chi connectivity index (χ0v) is 25.2. The molecule has 218 valence electrons. The second kappa shape index (κ2) is 12.2. The zero-order chi connectivity index (χ0) is 29.4. The lowest BCUT2D eigenvalue weighted by Gasteiger charge is -2.36. The fourth-order valence-corrected chi connectivity index (χ4v) is 6.56. The minimum absolute atomic E-state index is 0.0331. The topological polar surface area (TPSA) is 52.7 Å². The summed E-state index contributed by atoms with van der Waals surface area (Å²) in [7, 11) is 0. The number of benzene rings is 2. The molecule has 2 fully saturated rings. The SMILES string of the molecule is CCC(NC(C)=O)c1cc(C)c(Cl)cc1C1CCN(C(=O)C2CN(C(C)(C)C)C[C@H]2c2ccc(F)cc2F)CC1. The maximum atomic E-state index is 14.9. The molecule has 0 bridgehead atoms. The highest BCUT2D eigenvalue weighted by Crippen LogP contribution is 2.41. The summed E-state index contributed by atoms with van der Waals surface area (Å²) in [6.45, 7) is 14.1. The van der Waals surface area contributed by atoms with E-state index in [0.29, 0.717) is 36.8 Å². The highest BCUT2D eigenvalue weighted by Gasteiger charge is 2.45. The van der Waals surface area contributed by atoms with E-state index in [9.17, 15) is 18.4 Å². The van der Waals surface area contributed by atoms with Crippen molar-refractivity contribution >= 4 is 23.4 Å². The van der Waals surface area contributed by atoms with E-state index in [4.69, 9.17) is 11.6 Å². The standard InChI is InChI=1S/C32H42ClF2N3O2/c1-7-30(36-20(3)39)25-14-19(2)28(33)16-24(25)21-10-12-37(13-11-21)31(40)27-18-38(32(4,5)6)17-26(27)23-9-8-22(34)15-29(23)35/h8-9,14-16,21,26-27,30H,7,10-13,17-18H2,1-6H3,(H,36,39)/t26-,27?,30?/m0/s1. The van der Waals surface area contributed by atoms with Gasteiger partial charge in [0.1, 0.15) is 11.6 Å². The Bertz CT molecular complexity index is 1250. The monoisotopic (exact) mass is 573 g/mol. The van der Waals surface area contributed by atoms with Crippen LogP contribution in [0.3, 0.4) is 0 Å². The number of aryl methyl sites for hydroxylation is 1. The molecule has 8 heteroatoms. The summed E-state index contributed by atoms with van der Waals surface area (Å²) in [5, 5.41) is 3.78. The Morgan fingerprint density at radius 2 is 1.75 bits per heavy atom. The number of hydrogen-bond acceptors (Lipinski definition) is 3. The van der Waals surface area contributed by atoms with Gasteiger partial charge in [0.05, 0.1) is 12.0 Å². The number of piperidine rings is 1. The fourth-order valence-electron chi connectivity index (χ4n) is 6.38. The molecule has 0 spiro atoms. The number of rotatable bonds is 6. The van der Waals surface area contributed by atoms with Crippen molar-refractivity contribution in [3.05, 3.63) is 69.2 Å². The predicted molar refractivity (Wildman–Crippen MR) is 156 cm³/mol. The molecular weight excluding hydrogens is 532 g/mol. The third-order valence-corrected chi connectivity index (χ3v) is 9.13. The first-order valence-corrected chi connectivity index (χ1v) is 14.7.